The number of nitrogens with one attached hydrogen (secondary N) is 1. The van der Waals surface area contributed by atoms with Crippen molar-refractivity contribution in [3.8, 4) is 5.75 Å². The predicted octanol–water partition coefficient (Wildman–Crippen LogP) is 4.64. The normalized spacial score (nSPS) is 9.94. The molecule has 2 nitrogen and oxygen atoms in total. The lowest BCUT2D eigenvalue weighted by Gasteiger charge is -2.12. The van der Waals surface area contributed by atoms with Crippen molar-refractivity contribution in [2.45, 2.75) is 13.3 Å². The van der Waals surface area contributed by atoms with Crippen LogP contribution in [0.5, 0.6) is 5.75 Å². The Bertz CT molecular complexity index is 414. The Kier molecular flexibility index (Phi) is 5.96. The Labute approximate surface area is 117 Å². The van der Waals surface area contributed by atoms with Crippen molar-refractivity contribution >= 4 is 40.5 Å². The molecule has 1 N–H and O–H groups in total. The molecule has 0 aromatic heterocycles. The largest absolute Gasteiger partial charge is 0.489 e. The van der Waals surface area contributed by atoms with Crippen molar-refractivity contribution in [3.63, 3.8) is 0 Å². The van der Waals surface area contributed by atoms with Crippen LogP contribution in [0, 0.1) is 0 Å². The summed E-state index contributed by atoms with van der Waals surface area (Å²) in [7, 11) is 1.84. The first-order chi connectivity index (χ1) is 8.08. The summed E-state index contributed by atoms with van der Waals surface area (Å²) < 4.78 is 5.68. The molecule has 0 fully saturated rings. The van der Waals surface area contributed by atoms with E-state index >= 15 is 0 Å². The second-order valence-electron chi connectivity index (χ2n) is 3.35. The molecule has 0 aliphatic rings. The molecule has 0 aliphatic carbocycles. The van der Waals surface area contributed by atoms with Crippen LogP contribution in [0.3, 0.4) is 0 Å². The Hall–Kier alpha value is -0.570. The van der Waals surface area contributed by atoms with E-state index in [4.69, 9.17) is 39.5 Å². The lowest BCUT2D eigenvalue weighted by atomic mass is 10.1. The van der Waals surface area contributed by atoms with Crippen LogP contribution in [0.25, 0.3) is 0 Å². The topological polar surface area (TPSA) is 21.3 Å². The van der Waals surface area contributed by atoms with Crippen molar-refractivity contribution in [2.24, 2.45) is 0 Å². The SMILES string of the molecule is CCc1cc(OCC=C(Cl)Cl)cc(Cl)c1NC. The van der Waals surface area contributed by atoms with E-state index in [9.17, 15) is 0 Å². The molecule has 0 unspecified atom stereocenters. The summed E-state index contributed by atoms with van der Waals surface area (Å²) in [6.07, 6.45) is 2.45. The molecule has 0 spiro atoms. The first-order valence-corrected chi connectivity index (χ1v) is 6.36. The van der Waals surface area contributed by atoms with Gasteiger partial charge in [0.05, 0.1) is 10.7 Å². The van der Waals surface area contributed by atoms with E-state index in [1.165, 1.54) is 0 Å². The molecule has 0 heterocycles. The second-order valence-corrected chi connectivity index (χ2v) is 4.76. The standard InChI is InChI=1S/C12H14Cl3NO/c1-3-8-6-9(17-5-4-11(14)15)7-10(13)12(8)16-2/h4,6-7,16H,3,5H2,1-2H3. The Morgan fingerprint density at radius 3 is 2.65 bits per heavy atom. The van der Waals surface area contributed by atoms with Gasteiger partial charge in [-0.1, -0.05) is 41.7 Å². The van der Waals surface area contributed by atoms with Gasteiger partial charge in [0, 0.05) is 13.1 Å². The minimum atomic E-state index is 0.193. The summed E-state index contributed by atoms with van der Waals surface area (Å²) in [5.74, 6) is 0.705. The van der Waals surface area contributed by atoms with Gasteiger partial charge in [-0.25, -0.2) is 0 Å². The summed E-state index contributed by atoms with van der Waals surface area (Å²) in [5.41, 5.74) is 2.04. The Balaban J connectivity index is 2.88. The van der Waals surface area contributed by atoms with Gasteiger partial charge in [-0.2, -0.15) is 0 Å². The van der Waals surface area contributed by atoms with Gasteiger partial charge in [-0.05, 0) is 24.1 Å². The number of anilines is 1. The molecule has 1 aromatic carbocycles. The average molecular weight is 295 g/mol. The molecular formula is C12H14Cl3NO. The minimum absolute atomic E-state index is 0.193. The number of ether oxygens (including phenoxy) is 1. The lowest BCUT2D eigenvalue weighted by Crippen LogP contribution is -1.99. The van der Waals surface area contributed by atoms with Gasteiger partial charge in [0.15, 0.2) is 0 Å². The molecule has 0 amide bonds. The highest BCUT2D eigenvalue weighted by atomic mass is 35.5. The summed E-state index contributed by atoms with van der Waals surface area (Å²) in [4.78, 5) is 0. The van der Waals surface area contributed by atoms with Gasteiger partial charge in [0.2, 0.25) is 0 Å². The molecule has 0 saturated heterocycles. The van der Waals surface area contributed by atoms with Crippen molar-refractivity contribution in [1.82, 2.24) is 0 Å². The number of benzene rings is 1. The zero-order valence-corrected chi connectivity index (χ0v) is 12.0. The fourth-order valence-corrected chi connectivity index (χ4v) is 1.93. The molecule has 94 valence electrons. The zero-order chi connectivity index (χ0) is 12.8. The van der Waals surface area contributed by atoms with Crippen LogP contribution >= 0.6 is 34.8 Å². The van der Waals surface area contributed by atoms with E-state index in [0.29, 0.717) is 17.4 Å². The number of halogens is 3. The maximum absolute atomic E-state index is 6.14. The number of rotatable bonds is 5. The highest BCUT2D eigenvalue weighted by molar-refractivity contribution is 6.55. The van der Waals surface area contributed by atoms with E-state index in [1.807, 2.05) is 13.1 Å². The van der Waals surface area contributed by atoms with Gasteiger partial charge in [0.1, 0.15) is 16.8 Å². The van der Waals surface area contributed by atoms with Crippen LogP contribution in [-0.4, -0.2) is 13.7 Å². The molecule has 0 bridgehead atoms. The minimum Gasteiger partial charge on any atom is -0.489 e. The number of aryl methyl sites for hydroxylation is 1. The Morgan fingerprint density at radius 1 is 1.41 bits per heavy atom. The molecule has 0 saturated carbocycles. The summed E-state index contributed by atoms with van der Waals surface area (Å²) in [5, 5.41) is 3.72. The first kappa shape index (κ1) is 14.5. The average Bonchev–Trinajstić information content (AvgIpc) is 2.27. The summed E-state index contributed by atoms with van der Waals surface area (Å²) in [6.45, 7) is 2.38. The molecular weight excluding hydrogens is 280 g/mol. The molecule has 0 atom stereocenters. The van der Waals surface area contributed by atoms with Crippen LogP contribution in [0.4, 0.5) is 5.69 Å². The van der Waals surface area contributed by atoms with Crippen LogP contribution in [-0.2, 0) is 6.42 Å². The van der Waals surface area contributed by atoms with E-state index in [-0.39, 0.29) is 4.49 Å². The molecule has 5 heteroatoms. The van der Waals surface area contributed by atoms with E-state index in [1.54, 1.807) is 12.1 Å². The monoisotopic (exact) mass is 293 g/mol. The highest BCUT2D eigenvalue weighted by Gasteiger charge is 2.07. The van der Waals surface area contributed by atoms with E-state index in [0.717, 1.165) is 17.7 Å². The first-order valence-electron chi connectivity index (χ1n) is 5.22. The third-order valence-corrected chi connectivity index (χ3v) is 2.87. The molecule has 0 aliphatic heterocycles. The van der Waals surface area contributed by atoms with E-state index in [2.05, 4.69) is 12.2 Å². The summed E-state index contributed by atoms with van der Waals surface area (Å²) in [6, 6.07) is 3.72. The quantitative estimate of drug-likeness (QED) is 0.854. The van der Waals surface area contributed by atoms with Crippen LogP contribution in [0.2, 0.25) is 5.02 Å². The van der Waals surface area contributed by atoms with Crippen LogP contribution in [0.15, 0.2) is 22.7 Å². The Morgan fingerprint density at radius 2 is 2.12 bits per heavy atom. The van der Waals surface area contributed by atoms with Gasteiger partial charge in [-0.15, -0.1) is 0 Å². The third-order valence-electron chi connectivity index (χ3n) is 2.26. The zero-order valence-electron chi connectivity index (χ0n) is 9.69. The maximum Gasteiger partial charge on any atom is 0.121 e. The van der Waals surface area contributed by atoms with Crippen LogP contribution < -0.4 is 10.1 Å². The highest BCUT2D eigenvalue weighted by Crippen LogP contribution is 2.31. The van der Waals surface area contributed by atoms with Crippen molar-refractivity contribution in [3.05, 3.63) is 33.3 Å². The molecule has 1 rings (SSSR count). The van der Waals surface area contributed by atoms with Crippen molar-refractivity contribution < 1.29 is 4.74 Å². The molecule has 0 radical (unpaired) electrons. The second kappa shape index (κ2) is 7.00. The predicted molar refractivity (Wildman–Crippen MR) is 75.7 cm³/mol. The van der Waals surface area contributed by atoms with Crippen molar-refractivity contribution in [1.29, 1.82) is 0 Å². The molecule has 17 heavy (non-hydrogen) atoms. The number of hydrogen-bond donors (Lipinski definition) is 1. The van der Waals surface area contributed by atoms with Gasteiger partial charge in [0.25, 0.3) is 0 Å². The van der Waals surface area contributed by atoms with Gasteiger partial charge in [-0.3, -0.25) is 0 Å². The fraction of sp³-hybridized carbons (Fsp3) is 0.333. The third kappa shape index (κ3) is 4.30. The lowest BCUT2D eigenvalue weighted by molar-refractivity contribution is 0.362. The number of hydrogen-bond acceptors (Lipinski definition) is 2. The maximum atomic E-state index is 6.14. The van der Waals surface area contributed by atoms with E-state index < -0.39 is 0 Å². The summed E-state index contributed by atoms with van der Waals surface area (Å²) >= 11 is 17.1. The fourth-order valence-electron chi connectivity index (χ4n) is 1.48. The molecule has 1 aromatic rings. The van der Waals surface area contributed by atoms with Gasteiger partial charge >= 0.3 is 0 Å². The van der Waals surface area contributed by atoms with Gasteiger partial charge < -0.3 is 10.1 Å². The van der Waals surface area contributed by atoms with Crippen molar-refractivity contribution in [2.75, 3.05) is 19.0 Å². The smallest absolute Gasteiger partial charge is 0.121 e. The van der Waals surface area contributed by atoms with Crippen LogP contribution in [0.1, 0.15) is 12.5 Å².